The van der Waals surface area contributed by atoms with Gasteiger partial charge in [-0.3, -0.25) is 9.79 Å². The number of fused-ring (bicyclic) bond motifs is 2. The number of amides is 1. The Kier molecular flexibility index (Phi) is 24.7. The number of nitrogens with zero attached hydrogens (tertiary/aromatic N) is 1. The van der Waals surface area contributed by atoms with Crippen molar-refractivity contribution < 1.29 is 74.8 Å². The molecule has 8 rings (SSSR count). The SMILES string of the molecule is C.COc1ccc2c(c1)CCN=C2Cc1ccc(OC)c(O)c1.COc1ccc2c(c1)CC[NH+]=C2Cc1ccc(OC)c(O)c1.COc1cccc(CCNC(=O)Cc2ccc(OC)c(O)c2)c1.O=[P+]([O-])[O-].[HH].[OH-]. The van der Waals surface area contributed by atoms with Crippen LogP contribution in [0.25, 0.3) is 0 Å². The van der Waals surface area contributed by atoms with Gasteiger partial charge in [0, 0.05) is 38.6 Å². The molecule has 0 aromatic heterocycles. The Morgan fingerprint density at radius 2 is 1.12 bits per heavy atom. The van der Waals surface area contributed by atoms with E-state index in [4.69, 9.17) is 42.8 Å². The Labute approximate surface area is 429 Å². The number of hydrogen-bond donors (Lipinski definition) is 5. The normalized spacial score (nSPS) is 11.6. The second-order valence-corrected chi connectivity index (χ2v) is 16.5. The van der Waals surface area contributed by atoms with Crippen LogP contribution in [0.4, 0.5) is 0 Å². The summed E-state index contributed by atoms with van der Waals surface area (Å²) in [6.07, 6.45) is 4.31. The summed E-state index contributed by atoms with van der Waals surface area (Å²) in [7, 11) is 6.21. The van der Waals surface area contributed by atoms with Crippen molar-refractivity contribution in [3.63, 3.8) is 0 Å². The lowest BCUT2D eigenvalue weighted by Gasteiger charge is -2.18. The van der Waals surface area contributed by atoms with Crippen LogP contribution in [-0.4, -0.2) is 100 Å². The molecule has 17 nitrogen and oxygen atoms in total. The fourth-order valence-electron chi connectivity index (χ4n) is 7.89. The number of ether oxygens (including phenoxy) is 6. The summed E-state index contributed by atoms with van der Waals surface area (Å²) in [5, 5.41) is 32.4. The minimum absolute atomic E-state index is 0. The largest absolute Gasteiger partial charge is 0.870 e. The van der Waals surface area contributed by atoms with Gasteiger partial charge in [0.05, 0.1) is 55.5 Å². The van der Waals surface area contributed by atoms with Gasteiger partial charge >= 0.3 is 0 Å². The van der Waals surface area contributed by atoms with Crippen LogP contribution in [0.15, 0.2) is 120 Å². The predicted molar refractivity (Wildman–Crippen MR) is 278 cm³/mol. The summed E-state index contributed by atoms with van der Waals surface area (Å²) in [4.78, 5) is 37.0. The number of carbonyl (C=O) groups is 1. The molecule has 18 heteroatoms. The summed E-state index contributed by atoms with van der Waals surface area (Å²) in [5.74, 6) is 4.23. The standard InChI is InChI=1S/C18H21NO4.2C18H19NO3.CH4.HO3P.H2O.H2/c1-22-15-5-3-4-13(10-15)8-9-19-18(21)12-14-6-7-17(23-2)16(20)11-14;2*1-21-14-4-5-15-13(11-14)7-8-19-16(15)9-12-3-6-18(22-2)17(20)10-12;;1-4(2)3;;/h3-7,10-11,20H,8-9,12H2,1-2H3,(H,19,21);2*3-6,10-11,20H,7-9H2,1-2H3;1H4;(H,1,2,3);1H2;1H/p-1. The Bertz CT molecular complexity index is 2700. The van der Waals surface area contributed by atoms with E-state index in [1.807, 2.05) is 48.5 Å². The molecule has 0 spiro atoms. The maximum Gasteiger partial charge on any atom is 0.276 e. The van der Waals surface area contributed by atoms with Gasteiger partial charge < -0.3 is 64.3 Å². The van der Waals surface area contributed by atoms with Crippen molar-refractivity contribution in [2.75, 3.05) is 62.3 Å². The molecule has 0 radical (unpaired) electrons. The Hall–Kier alpha value is -7.69. The van der Waals surface area contributed by atoms with Gasteiger partial charge in [-0.25, -0.2) is 4.99 Å². The van der Waals surface area contributed by atoms with Gasteiger partial charge in [-0.2, -0.15) is 0 Å². The smallest absolute Gasteiger partial charge is 0.276 e. The van der Waals surface area contributed by atoms with Crippen molar-refractivity contribution in [2.24, 2.45) is 4.99 Å². The van der Waals surface area contributed by atoms with Gasteiger partial charge in [0.15, 0.2) is 40.2 Å². The van der Waals surface area contributed by atoms with E-state index in [0.29, 0.717) is 30.2 Å². The van der Waals surface area contributed by atoms with Gasteiger partial charge in [0.1, 0.15) is 23.8 Å². The molecule has 0 fully saturated rings. The third kappa shape index (κ3) is 18.1. The molecule has 2 heterocycles. The minimum atomic E-state index is -3.37. The van der Waals surface area contributed by atoms with E-state index in [2.05, 4.69) is 39.6 Å². The number of benzene rings is 6. The van der Waals surface area contributed by atoms with Crippen molar-refractivity contribution in [2.45, 2.75) is 46.0 Å². The number of aliphatic imine (C=N–C) groups is 1. The Balaban J connectivity index is 0.000000359. The average Bonchev–Trinajstić information content (AvgIpc) is 3.36. The molecule has 6 aromatic carbocycles. The predicted octanol–water partition coefficient (Wildman–Crippen LogP) is 5.46. The number of phenolic OH excluding ortho intramolecular Hbond substituents is 3. The molecular formula is C55H67N3O14P-. The highest BCUT2D eigenvalue weighted by Gasteiger charge is 2.21. The summed E-state index contributed by atoms with van der Waals surface area (Å²) in [6, 6.07) is 36.0. The quantitative estimate of drug-likeness (QED) is 0.0801. The third-order valence-electron chi connectivity index (χ3n) is 11.4. The lowest BCUT2D eigenvalue weighted by Crippen LogP contribution is -2.76. The first-order valence-corrected chi connectivity index (χ1v) is 23.6. The van der Waals surface area contributed by atoms with E-state index < -0.39 is 8.25 Å². The molecular weight excluding hydrogens is 958 g/mol. The first-order chi connectivity index (χ1) is 34.3. The van der Waals surface area contributed by atoms with E-state index >= 15 is 0 Å². The molecule has 0 saturated heterocycles. The zero-order chi connectivity index (χ0) is 51.3. The molecule has 0 bridgehead atoms. The van der Waals surface area contributed by atoms with Crippen LogP contribution in [0.2, 0.25) is 0 Å². The Morgan fingerprint density at radius 1 is 0.630 bits per heavy atom. The molecule has 6 aromatic rings. The van der Waals surface area contributed by atoms with E-state index in [1.54, 1.807) is 78.0 Å². The van der Waals surface area contributed by atoms with E-state index in [1.165, 1.54) is 35.1 Å². The molecule has 2 aliphatic heterocycles. The zero-order valence-electron chi connectivity index (χ0n) is 41.1. The van der Waals surface area contributed by atoms with Crippen LogP contribution in [0.5, 0.6) is 51.7 Å². The number of carbonyl (C=O) groups excluding carboxylic acids is 1. The fraction of sp³-hybridized carbons (Fsp3) is 0.291. The van der Waals surface area contributed by atoms with Crippen LogP contribution >= 0.6 is 8.25 Å². The highest BCUT2D eigenvalue weighted by Crippen LogP contribution is 2.30. The molecule has 2 aliphatic rings. The van der Waals surface area contributed by atoms with E-state index in [9.17, 15) is 20.1 Å². The van der Waals surface area contributed by atoms with Crippen molar-refractivity contribution >= 4 is 25.6 Å². The lowest BCUT2D eigenvalue weighted by molar-refractivity contribution is -0.458. The van der Waals surface area contributed by atoms with E-state index in [0.717, 1.165) is 84.0 Å². The molecule has 73 heavy (non-hydrogen) atoms. The van der Waals surface area contributed by atoms with Gasteiger partial charge in [0.25, 0.3) is 8.25 Å². The third-order valence-corrected chi connectivity index (χ3v) is 11.4. The Morgan fingerprint density at radius 3 is 1.66 bits per heavy atom. The first-order valence-electron chi connectivity index (χ1n) is 22.5. The molecule has 0 saturated carbocycles. The molecule has 6 N–H and O–H groups in total. The van der Waals surface area contributed by atoms with Crippen LogP contribution < -0.4 is 48.5 Å². The van der Waals surface area contributed by atoms with Crippen molar-refractivity contribution in [3.05, 3.63) is 160 Å². The van der Waals surface area contributed by atoms with Gasteiger partial charge in [0.2, 0.25) is 5.91 Å². The minimum Gasteiger partial charge on any atom is -0.870 e. The zero-order valence-corrected chi connectivity index (χ0v) is 42.0. The second kappa shape index (κ2) is 30.3. The number of hydrogen-bond acceptors (Lipinski definition) is 15. The molecule has 1 amide bonds. The van der Waals surface area contributed by atoms with Gasteiger partial charge in [-0.15, -0.1) is 0 Å². The summed E-state index contributed by atoms with van der Waals surface area (Å²) in [6.45, 7) is 2.25. The van der Waals surface area contributed by atoms with Crippen molar-refractivity contribution in [3.8, 4) is 51.7 Å². The first kappa shape index (κ1) is 59.6. The second-order valence-electron chi connectivity index (χ2n) is 16.0. The number of aromatic hydroxyl groups is 3. The number of nitrogens with one attached hydrogen (secondary N) is 2. The van der Waals surface area contributed by atoms with Crippen molar-refractivity contribution in [1.82, 2.24) is 5.32 Å². The van der Waals surface area contributed by atoms with Gasteiger partial charge in [-0.05, 0) is 137 Å². The maximum absolute atomic E-state index is 11.9. The molecule has 392 valence electrons. The lowest BCUT2D eigenvalue weighted by atomic mass is 9.93. The highest BCUT2D eigenvalue weighted by molar-refractivity contribution is 7.27. The molecule has 0 unspecified atom stereocenters. The summed E-state index contributed by atoms with van der Waals surface area (Å²) < 4.78 is 39.4. The van der Waals surface area contributed by atoms with Crippen LogP contribution in [0.1, 0.15) is 53.4 Å². The van der Waals surface area contributed by atoms with Gasteiger partial charge in [-0.1, -0.05) is 42.3 Å². The summed E-state index contributed by atoms with van der Waals surface area (Å²) >= 11 is 0. The topological polar surface area (TPSA) is 265 Å². The number of rotatable bonds is 15. The maximum atomic E-state index is 11.9. The molecule has 0 aliphatic carbocycles. The highest BCUT2D eigenvalue weighted by atomic mass is 31.1. The monoisotopic (exact) mass is 1020 g/mol. The van der Waals surface area contributed by atoms with E-state index in [-0.39, 0.29) is 43.9 Å². The number of phenols is 3. The van der Waals surface area contributed by atoms with Crippen LogP contribution in [0.3, 0.4) is 0 Å². The van der Waals surface area contributed by atoms with Crippen LogP contribution in [-0.2, 0) is 47.9 Å². The average molecular weight is 1030 g/mol. The summed E-state index contributed by atoms with van der Waals surface area (Å²) in [5.41, 5.74) is 11.1. The van der Waals surface area contributed by atoms with Crippen molar-refractivity contribution in [1.29, 1.82) is 0 Å². The number of methoxy groups -OCH3 is 6. The molecule has 0 atom stereocenters. The fourth-order valence-corrected chi connectivity index (χ4v) is 7.89. The van der Waals surface area contributed by atoms with Crippen LogP contribution in [0, 0.1) is 0 Å².